The first-order valence-corrected chi connectivity index (χ1v) is 5.98. The summed E-state index contributed by atoms with van der Waals surface area (Å²) in [7, 11) is 1.77. The highest BCUT2D eigenvalue weighted by atomic mass is 16.5. The summed E-state index contributed by atoms with van der Waals surface area (Å²) in [6.45, 7) is 8.83. The third-order valence-electron chi connectivity index (χ3n) is 3.31. The van der Waals surface area contributed by atoms with Crippen LogP contribution in [0, 0.1) is 0 Å². The van der Waals surface area contributed by atoms with E-state index >= 15 is 0 Å². The van der Waals surface area contributed by atoms with Crippen molar-refractivity contribution >= 4 is 0 Å². The van der Waals surface area contributed by atoms with Gasteiger partial charge in [0.1, 0.15) is 0 Å². The molecule has 0 saturated carbocycles. The van der Waals surface area contributed by atoms with E-state index in [1.54, 1.807) is 7.11 Å². The molecule has 0 saturated heterocycles. The molecule has 0 atom stereocenters. The molecule has 0 amide bonds. The summed E-state index contributed by atoms with van der Waals surface area (Å²) in [6.07, 6.45) is 6.06. The standard InChI is InChI=1S/C12H27NO/c1-5-12(6-2,7-3)13-10-8-9-11-14-4/h13H,5-11H2,1-4H3. The Bertz CT molecular complexity index is 113. The zero-order valence-electron chi connectivity index (χ0n) is 10.4. The minimum atomic E-state index is 0.382. The molecule has 0 heterocycles. The minimum Gasteiger partial charge on any atom is -0.385 e. The first-order chi connectivity index (χ1) is 6.74. The Labute approximate surface area is 89.4 Å². The van der Waals surface area contributed by atoms with Crippen molar-refractivity contribution in [2.45, 2.75) is 58.4 Å². The van der Waals surface area contributed by atoms with Crippen LogP contribution in [-0.4, -0.2) is 25.8 Å². The van der Waals surface area contributed by atoms with Crippen LogP contribution < -0.4 is 5.32 Å². The molecule has 0 unspecified atom stereocenters. The summed E-state index contributed by atoms with van der Waals surface area (Å²) >= 11 is 0. The highest BCUT2D eigenvalue weighted by molar-refractivity contribution is 4.83. The van der Waals surface area contributed by atoms with E-state index in [0.29, 0.717) is 5.54 Å². The monoisotopic (exact) mass is 201 g/mol. The molecular formula is C12H27NO. The van der Waals surface area contributed by atoms with Gasteiger partial charge in [-0.15, -0.1) is 0 Å². The van der Waals surface area contributed by atoms with E-state index in [0.717, 1.165) is 19.6 Å². The zero-order chi connectivity index (χ0) is 10.9. The van der Waals surface area contributed by atoms with Crippen molar-refractivity contribution in [2.24, 2.45) is 0 Å². The van der Waals surface area contributed by atoms with Gasteiger partial charge < -0.3 is 10.1 Å². The van der Waals surface area contributed by atoms with E-state index in [2.05, 4.69) is 26.1 Å². The van der Waals surface area contributed by atoms with Gasteiger partial charge in [-0.1, -0.05) is 20.8 Å². The van der Waals surface area contributed by atoms with Crippen LogP contribution in [0.15, 0.2) is 0 Å². The van der Waals surface area contributed by atoms with E-state index in [9.17, 15) is 0 Å². The lowest BCUT2D eigenvalue weighted by Crippen LogP contribution is -2.44. The van der Waals surface area contributed by atoms with Crippen molar-refractivity contribution in [3.63, 3.8) is 0 Å². The molecular weight excluding hydrogens is 174 g/mol. The van der Waals surface area contributed by atoms with Crippen LogP contribution in [0.2, 0.25) is 0 Å². The maximum Gasteiger partial charge on any atom is 0.0462 e. The maximum atomic E-state index is 5.03. The first kappa shape index (κ1) is 13.9. The summed E-state index contributed by atoms with van der Waals surface area (Å²) in [6, 6.07) is 0. The number of unbranched alkanes of at least 4 members (excludes halogenated alkanes) is 1. The van der Waals surface area contributed by atoms with E-state index in [-0.39, 0.29) is 0 Å². The van der Waals surface area contributed by atoms with Crippen LogP contribution in [-0.2, 0) is 4.74 Å². The summed E-state index contributed by atoms with van der Waals surface area (Å²) in [4.78, 5) is 0. The molecule has 0 aliphatic rings. The molecule has 0 bridgehead atoms. The molecule has 2 heteroatoms. The second-order valence-electron chi connectivity index (χ2n) is 3.97. The summed E-state index contributed by atoms with van der Waals surface area (Å²) in [5.74, 6) is 0. The van der Waals surface area contributed by atoms with Crippen molar-refractivity contribution in [3.05, 3.63) is 0 Å². The molecule has 14 heavy (non-hydrogen) atoms. The molecule has 0 spiro atoms. The average molecular weight is 201 g/mol. The van der Waals surface area contributed by atoms with Gasteiger partial charge in [-0.3, -0.25) is 0 Å². The van der Waals surface area contributed by atoms with Gasteiger partial charge in [0.2, 0.25) is 0 Å². The summed E-state index contributed by atoms with van der Waals surface area (Å²) in [5, 5.41) is 3.69. The lowest BCUT2D eigenvalue weighted by molar-refractivity contribution is 0.190. The first-order valence-electron chi connectivity index (χ1n) is 5.98. The molecule has 0 aliphatic carbocycles. The molecule has 0 rings (SSSR count). The second kappa shape index (κ2) is 8.25. The Morgan fingerprint density at radius 2 is 1.57 bits per heavy atom. The van der Waals surface area contributed by atoms with Crippen LogP contribution >= 0.6 is 0 Å². The number of hydrogen-bond acceptors (Lipinski definition) is 2. The van der Waals surface area contributed by atoms with Crippen molar-refractivity contribution in [2.75, 3.05) is 20.3 Å². The van der Waals surface area contributed by atoms with Gasteiger partial charge in [0, 0.05) is 19.3 Å². The van der Waals surface area contributed by atoms with E-state index in [4.69, 9.17) is 4.74 Å². The van der Waals surface area contributed by atoms with E-state index < -0.39 is 0 Å². The third-order valence-corrected chi connectivity index (χ3v) is 3.31. The molecule has 0 radical (unpaired) electrons. The van der Waals surface area contributed by atoms with Crippen LogP contribution in [0.3, 0.4) is 0 Å². The van der Waals surface area contributed by atoms with Crippen LogP contribution in [0.1, 0.15) is 52.9 Å². The largest absolute Gasteiger partial charge is 0.385 e. The van der Waals surface area contributed by atoms with Crippen LogP contribution in [0.5, 0.6) is 0 Å². The Morgan fingerprint density at radius 1 is 1.00 bits per heavy atom. The van der Waals surface area contributed by atoms with Gasteiger partial charge in [-0.2, -0.15) is 0 Å². The Hall–Kier alpha value is -0.0800. The van der Waals surface area contributed by atoms with Crippen LogP contribution in [0.4, 0.5) is 0 Å². The van der Waals surface area contributed by atoms with Crippen molar-refractivity contribution in [3.8, 4) is 0 Å². The molecule has 0 fully saturated rings. The minimum absolute atomic E-state index is 0.382. The number of hydrogen-bond donors (Lipinski definition) is 1. The van der Waals surface area contributed by atoms with Gasteiger partial charge in [-0.05, 0) is 38.6 Å². The molecule has 0 aromatic carbocycles. The topological polar surface area (TPSA) is 21.3 Å². The summed E-state index contributed by atoms with van der Waals surface area (Å²) < 4.78 is 5.03. The van der Waals surface area contributed by atoms with Gasteiger partial charge in [-0.25, -0.2) is 0 Å². The smallest absolute Gasteiger partial charge is 0.0462 e. The number of nitrogens with one attached hydrogen (secondary N) is 1. The molecule has 0 aliphatic heterocycles. The Kier molecular flexibility index (Phi) is 8.20. The predicted molar refractivity (Wildman–Crippen MR) is 62.7 cm³/mol. The second-order valence-corrected chi connectivity index (χ2v) is 3.97. The quantitative estimate of drug-likeness (QED) is 0.579. The van der Waals surface area contributed by atoms with Crippen molar-refractivity contribution in [1.82, 2.24) is 5.32 Å². The highest BCUT2D eigenvalue weighted by Gasteiger charge is 2.21. The fourth-order valence-corrected chi connectivity index (χ4v) is 1.85. The molecule has 2 nitrogen and oxygen atoms in total. The fourth-order valence-electron chi connectivity index (χ4n) is 1.85. The normalized spacial score (nSPS) is 12.0. The van der Waals surface area contributed by atoms with Crippen molar-refractivity contribution < 1.29 is 4.74 Å². The number of methoxy groups -OCH3 is 1. The predicted octanol–water partition coefficient (Wildman–Crippen LogP) is 2.97. The third kappa shape index (κ3) is 4.97. The maximum absolute atomic E-state index is 5.03. The molecule has 1 N–H and O–H groups in total. The lowest BCUT2D eigenvalue weighted by atomic mass is 9.90. The Balaban J connectivity index is 3.61. The SMILES string of the molecule is CCC(CC)(CC)NCCCCOC. The van der Waals surface area contributed by atoms with Gasteiger partial charge in [0.25, 0.3) is 0 Å². The molecule has 86 valence electrons. The fraction of sp³-hybridized carbons (Fsp3) is 1.00. The molecule has 0 aromatic heterocycles. The van der Waals surface area contributed by atoms with Gasteiger partial charge >= 0.3 is 0 Å². The summed E-state index contributed by atoms with van der Waals surface area (Å²) in [5.41, 5.74) is 0.382. The van der Waals surface area contributed by atoms with Crippen molar-refractivity contribution in [1.29, 1.82) is 0 Å². The lowest BCUT2D eigenvalue weighted by Gasteiger charge is -2.32. The van der Waals surface area contributed by atoms with Gasteiger partial charge in [0.05, 0.1) is 0 Å². The number of ether oxygens (including phenoxy) is 1. The van der Waals surface area contributed by atoms with Gasteiger partial charge in [0.15, 0.2) is 0 Å². The highest BCUT2D eigenvalue weighted by Crippen LogP contribution is 2.18. The zero-order valence-corrected chi connectivity index (χ0v) is 10.4. The average Bonchev–Trinajstić information content (AvgIpc) is 2.24. The molecule has 0 aromatic rings. The van der Waals surface area contributed by atoms with E-state index in [1.807, 2.05) is 0 Å². The van der Waals surface area contributed by atoms with Crippen LogP contribution in [0.25, 0.3) is 0 Å². The van der Waals surface area contributed by atoms with E-state index in [1.165, 1.54) is 25.7 Å². The number of rotatable bonds is 9. The Morgan fingerprint density at radius 3 is 2.00 bits per heavy atom.